The minimum atomic E-state index is 0.686. The predicted molar refractivity (Wildman–Crippen MR) is 95.4 cm³/mol. The van der Waals surface area contributed by atoms with E-state index in [1.807, 2.05) is 18.5 Å². The number of thiophene rings is 1. The third-order valence-electron chi connectivity index (χ3n) is 4.50. The van der Waals surface area contributed by atoms with E-state index in [1.54, 1.807) is 11.3 Å². The molecule has 4 nitrogen and oxygen atoms in total. The Bertz CT molecular complexity index is 826. The van der Waals surface area contributed by atoms with Crippen LogP contribution in [0.4, 0.5) is 0 Å². The van der Waals surface area contributed by atoms with Crippen molar-refractivity contribution < 1.29 is 0 Å². The van der Waals surface area contributed by atoms with Crippen LogP contribution in [0, 0.1) is 5.41 Å². The van der Waals surface area contributed by atoms with Crippen molar-refractivity contribution in [3.63, 3.8) is 0 Å². The van der Waals surface area contributed by atoms with Crippen LogP contribution in [0.15, 0.2) is 42.2 Å². The number of nitrogens with zero attached hydrogens (tertiary/aromatic N) is 3. The average Bonchev–Trinajstić information content (AvgIpc) is 3.23. The van der Waals surface area contributed by atoms with Crippen molar-refractivity contribution in [3.05, 3.63) is 52.6 Å². The van der Waals surface area contributed by atoms with Gasteiger partial charge in [0.15, 0.2) is 0 Å². The van der Waals surface area contributed by atoms with E-state index in [4.69, 9.17) is 5.41 Å². The van der Waals surface area contributed by atoms with E-state index in [-0.39, 0.29) is 0 Å². The molecule has 0 atom stereocenters. The number of hydrogen-bond acceptors (Lipinski definition) is 3. The lowest BCUT2D eigenvalue weighted by Gasteiger charge is -2.28. The lowest BCUT2D eigenvalue weighted by atomic mass is 10.1. The maximum absolute atomic E-state index is 8.43. The Morgan fingerprint density at radius 2 is 2.09 bits per heavy atom. The van der Waals surface area contributed by atoms with Crippen LogP contribution in [0.5, 0.6) is 0 Å². The van der Waals surface area contributed by atoms with Crippen molar-refractivity contribution in [2.24, 2.45) is 0 Å². The summed E-state index contributed by atoms with van der Waals surface area (Å²) in [5.41, 5.74) is 2.22. The number of amidine groups is 1. The molecule has 0 amide bonds. The van der Waals surface area contributed by atoms with Crippen molar-refractivity contribution in [3.8, 4) is 0 Å². The first-order valence-corrected chi connectivity index (χ1v) is 8.99. The van der Waals surface area contributed by atoms with Crippen LogP contribution in [0.1, 0.15) is 29.7 Å². The minimum absolute atomic E-state index is 0.686. The predicted octanol–water partition coefficient (Wildman–Crippen LogP) is 3.96. The molecule has 3 aromatic rings. The van der Waals surface area contributed by atoms with Gasteiger partial charge in [0.1, 0.15) is 5.84 Å². The first kappa shape index (κ1) is 14.5. The van der Waals surface area contributed by atoms with E-state index in [0.29, 0.717) is 5.84 Å². The van der Waals surface area contributed by atoms with Gasteiger partial charge in [0, 0.05) is 46.7 Å². The smallest absolute Gasteiger partial charge is 0.128 e. The summed E-state index contributed by atoms with van der Waals surface area (Å²) < 4.78 is 2.22. The summed E-state index contributed by atoms with van der Waals surface area (Å²) in [5.74, 6) is 0.686. The molecular weight excluding hydrogens is 304 g/mol. The monoisotopic (exact) mass is 324 g/mol. The third kappa shape index (κ3) is 2.88. The molecule has 1 N–H and O–H groups in total. The largest absolute Gasteiger partial charge is 0.357 e. The number of nitrogens with one attached hydrogen (secondary N) is 1. The maximum atomic E-state index is 8.43. The van der Waals surface area contributed by atoms with Crippen LogP contribution in [0.3, 0.4) is 0 Å². The van der Waals surface area contributed by atoms with Gasteiger partial charge in [0.05, 0.1) is 18.3 Å². The van der Waals surface area contributed by atoms with Gasteiger partial charge >= 0.3 is 0 Å². The maximum Gasteiger partial charge on any atom is 0.128 e. The van der Waals surface area contributed by atoms with Crippen LogP contribution in [0.2, 0.25) is 0 Å². The fraction of sp³-hybridized carbons (Fsp3) is 0.333. The second-order valence-corrected chi connectivity index (χ2v) is 7.07. The van der Waals surface area contributed by atoms with Gasteiger partial charge in [0.25, 0.3) is 0 Å². The van der Waals surface area contributed by atoms with Gasteiger partial charge in [0.2, 0.25) is 0 Å². The quantitative estimate of drug-likeness (QED) is 0.585. The lowest BCUT2D eigenvalue weighted by Crippen LogP contribution is -2.35. The van der Waals surface area contributed by atoms with Crippen LogP contribution >= 0.6 is 11.3 Å². The van der Waals surface area contributed by atoms with Crippen molar-refractivity contribution in [1.29, 1.82) is 5.41 Å². The molecule has 5 heteroatoms. The Morgan fingerprint density at radius 1 is 1.22 bits per heavy atom. The second kappa shape index (κ2) is 6.16. The summed E-state index contributed by atoms with van der Waals surface area (Å²) in [4.78, 5) is 7.72. The molecule has 1 aliphatic rings. The molecular formula is C18H20N4S. The summed E-state index contributed by atoms with van der Waals surface area (Å²) in [5, 5.41) is 11.8. The van der Waals surface area contributed by atoms with Gasteiger partial charge in [-0.3, -0.25) is 10.4 Å². The molecule has 23 heavy (non-hydrogen) atoms. The Hall–Kier alpha value is -2.14. The van der Waals surface area contributed by atoms with E-state index in [0.717, 1.165) is 30.7 Å². The van der Waals surface area contributed by atoms with Gasteiger partial charge in [-0.05, 0) is 37.5 Å². The zero-order chi connectivity index (χ0) is 15.6. The standard InChI is InChI=1S/C18H20N4S/c19-18(21-7-2-1-3-8-21)15-10-16(23-13-15)12-22-9-5-14-4-6-20-11-17(14)22/h4-6,9-11,13,19H,1-3,7-8,12H2. The number of piperidine rings is 1. The van der Waals surface area contributed by atoms with E-state index in [9.17, 15) is 0 Å². The zero-order valence-electron chi connectivity index (χ0n) is 13.0. The lowest BCUT2D eigenvalue weighted by molar-refractivity contribution is 0.341. The SMILES string of the molecule is N=C(c1csc(Cn2ccc3ccncc32)c1)N1CCCCC1. The molecule has 0 aromatic carbocycles. The number of likely N-dealkylation sites (tertiary alicyclic amines) is 1. The summed E-state index contributed by atoms with van der Waals surface area (Å²) in [6.07, 6.45) is 9.58. The van der Waals surface area contributed by atoms with Crippen molar-refractivity contribution >= 4 is 28.1 Å². The molecule has 0 saturated carbocycles. The fourth-order valence-corrected chi connectivity index (χ4v) is 4.09. The highest BCUT2D eigenvalue weighted by molar-refractivity contribution is 7.10. The number of fused-ring (bicyclic) bond motifs is 1. The van der Waals surface area contributed by atoms with Crippen molar-refractivity contribution in [2.45, 2.75) is 25.8 Å². The van der Waals surface area contributed by atoms with Gasteiger partial charge < -0.3 is 9.47 Å². The van der Waals surface area contributed by atoms with Crippen LogP contribution in [-0.2, 0) is 6.54 Å². The fourth-order valence-electron chi connectivity index (χ4n) is 3.22. The molecule has 4 rings (SSSR count). The normalized spacial score (nSPS) is 15.2. The summed E-state index contributed by atoms with van der Waals surface area (Å²) in [6, 6.07) is 6.34. The molecule has 0 aliphatic carbocycles. The molecule has 3 aromatic heterocycles. The van der Waals surface area contributed by atoms with Crippen molar-refractivity contribution in [1.82, 2.24) is 14.5 Å². The summed E-state index contributed by atoms with van der Waals surface area (Å²) >= 11 is 1.74. The zero-order valence-corrected chi connectivity index (χ0v) is 13.9. The molecule has 1 aliphatic heterocycles. The van der Waals surface area contributed by atoms with E-state index < -0.39 is 0 Å². The van der Waals surface area contributed by atoms with E-state index in [2.05, 4.69) is 38.2 Å². The van der Waals surface area contributed by atoms with E-state index >= 15 is 0 Å². The number of rotatable bonds is 3. The molecule has 0 bridgehead atoms. The number of pyridine rings is 1. The highest BCUT2D eigenvalue weighted by atomic mass is 32.1. The Balaban J connectivity index is 1.52. The molecule has 0 radical (unpaired) electrons. The Labute approximate surface area is 139 Å². The summed E-state index contributed by atoms with van der Waals surface area (Å²) in [7, 11) is 0. The third-order valence-corrected chi connectivity index (χ3v) is 5.42. The topological polar surface area (TPSA) is 44.9 Å². The van der Waals surface area contributed by atoms with Crippen LogP contribution in [-0.4, -0.2) is 33.4 Å². The van der Waals surface area contributed by atoms with Crippen LogP contribution in [0.25, 0.3) is 10.9 Å². The first-order chi connectivity index (χ1) is 11.3. The molecule has 4 heterocycles. The van der Waals surface area contributed by atoms with Gasteiger partial charge in [-0.2, -0.15) is 0 Å². The molecule has 1 saturated heterocycles. The number of aromatic nitrogens is 2. The molecule has 0 unspecified atom stereocenters. The highest BCUT2D eigenvalue weighted by Crippen LogP contribution is 2.22. The molecule has 1 fully saturated rings. The average molecular weight is 324 g/mol. The highest BCUT2D eigenvalue weighted by Gasteiger charge is 2.16. The minimum Gasteiger partial charge on any atom is -0.357 e. The second-order valence-electron chi connectivity index (χ2n) is 6.08. The molecule has 0 spiro atoms. The van der Waals surface area contributed by atoms with E-state index in [1.165, 1.54) is 29.5 Å². The molecule has 118 valence electrons. The van der Waals surface area contributed by atoms with Crippen molar-refractivity contribution in [2.75, 3.05) is 13.1 Å². The van der Waals surface area contributed by atoms with Gasteiger partial charge in [-0.25, -0.2) is 0 Å². The Morgan fingerprint density at radius 3 is 2.96 bits per heavy atom. The van der Waals surface area contributed by atoms with Gasteiger partial charge in [-0.1, -0.05) is 0 Å². The van der Waals surface area contributed by atoms with Crippen LogP contribution < -0.4 is 0 Å². The Kier molecular flexibility index (Phi) is 3.87. The first-order valence-electron chi connectivity index (χ1n) is 8.11. The summed E-state index contributed by atoms with van der Waals surface area (Å²) in [6.45, 7) is 2.89. The van der Waals surface area contributed by atoms with Gasteiger partial charge in [-0.15, -0.1) is 11.3 Å². The number of hydrogen-bond donors (Lipinski definition) is 1.